The fourth-order valence-electron chi connectivity index (χ4n) is 10.7. The second kappa shape index (κ2) is 17.3. The molecule has 7 rings (SSSR count). The van der Waals surface area contributed by atoms with Crippen molar-refractivity contribution in [1.82, 2.24) is 5.32 Å². The molecule has 14 nitrogen and oxygen atoms in total. The lowest BCUT2D eigenvalue weighted by atomic mass is 9.46. The third-order valence-electron chi connectivity index (χ3n) is 13.4. The molecule has 1 aliphatic heterocycles. The van der Waals surface area contributed by atoms with E-state index in [-0.39, 0.29) is 48.4 Å². The lowest BCUT2D eigenvalue weighted by Crippen LogP contribution is -2.63. The minimum Gasteiger partial charge on any atom is -0.486 e. The van der Waals surface area contributed by atoms with Crippen LogP contribution in [0.25, 0.3) is 0 Å². The number of primary amides is 1. The number of urea groups is 1. The van der Waals surface area contributed by atoms with Crippen molar-refractivity contribution >= 4 is 41.0 Å². The van der Waals surface area contributed by atoms with Gasteiger partial charge < -0.3 is 40.4 Å². The number of hydrogen-bond donors (Lipinski definition) is 5. The van der Waals surface area contributed by atoms with Crippen LogP contribution in [0.5, 0.6) is 5.75 Å². The number of nitrogens with one attached hydrogen (secondary N) is 3. The van der Waals surface area contributed by atoms with E-state index in [0.717, 1.165) is 30.4 Å². The summed E-state index contributed by atoms with van der Waals surface area (Å²) in [5.74, 6) is 0.160. The molecule has 1 saturated heterocycles. The van der Waals surface area contributed by atoms with Gasteiger partial charge in [-0.25, -0.2) is 9.59 Å². The number of anilines is 2. The summed E-state index contributed by atoms with van der Waals surface area (Å²) >= 11 is 0. The van der Waals surface area contributed by atoms with E-state index in [2.05, 4.69) is 36.7 Å². The van der Waals surface area contributed by atoms with Crippen LogP contribution in [0.4, 0.5) is 21.0 Å². The Balaban J connectivity index is 0.927. The molecule has 4 fully saturated rings. The first-order valence-corrected chi connectivity index (χ1v) is 20.8. The lowest BCUT2D eigenvalue weighted by molar-refractivity contribution is -0.200. The molecule has 2 aromatic rings. The topological polar surface area (TPSA) is 205 Å². The molecule has 59 heavy (non-hydrogen) atoms. The van der Waals surface area contributed by atoms with Crippen LogP contribution >= 0.6 is 0 Å². The van der Waals surface area contributed by atoms with Crippen molar-refractivity contribution in [3.05, 3.63) is 77.9 Å². The van der Waals surface area contributed by atoms with Crippen LogP contribution in [0.1, 0.15) is 84.1 Å². The lowest BCUT2D eigenvalue weighted by Gasteiger charge is -2.59. The number of allylic oxidation sites excluding steroid dienone is 4. The van der Waals surface area contributed by atoms with Gasteiger partial charge in [-0.2, -0.15) is 0 Å². The number of aliphatic hydroxyl groups is 1. The van der Waals surface area contributed by atoms with Crippen molar-refractivity contribution in [3.8, 4) is 5.75 Å². The number of carbonyl (C=O) groups is 5. The van der Waals surface area contributed by atoms with Gasteiger partial charge in [0.15, 0.2) is 17.7 Å². The van der Waals surface area contributed by atoms with Gasteiger partial charge in [0.05, 0.1) is 12.2 Å². The molecule has 9 atom stereocenters. The van der Waals surface area contributed by atoms with E-state index in [1.807, 2.05) is 6.08 Å². The number of rotatable bonds is 15. The Morgan fingerprint density at radius 3 is 2.46 bits per heavy atom. The maximum absolute atomic E-state index is 14.6. The average Bonchev–Trinajstić information content (AvgIpc) is 3.68. The van der Waals surface area contributed by atoms with Crippen LogP contribution in [-0.4, -0.2) is 72.0 Å². The number of Topliss-reactive ketones (excluding diaryl/α,β-unsaturated/α-hetero) is 1. The number of fused-ring (bicyclic) bond motifs is 7. The third-order valence-corrected chi connectivity index (χ3v) is 13.4. The quantitative estimate of drug-likeness (QED) is 0.126. The summed E-state index contributed by atoms with van der Waals surface area (Å²) < 4.78 is 24.8. The van der Waals surface area contributed by atoms with Crippen LogP contribution < -0.4 is 26.4 Å². The van der Waals surface area contributed by atoms with Gasteiger partial charge in [0.25, 0.3) is 0 Å². The zero-order valence-electron chi connectivity index (χ0n) is 34.0. The fourth-order valence-corrected chi connectivity index (χ4v) is 10.7. The van der Waals surface area contributed by atoms with Crippen LogP contribution in [0.15, 0.2) is 72.3 Å². The van der Waals surface area contributed by atoms with Gasteiger partial charge in [-0.05, 0) is 111 Å². The Labute approximate surface area is 344 Å². The summed E-state index contributed by atoms with van der Waals surface area (Å²) in [6.07, 6.45) is 8.62. The highest BCUT2D eigenvalue weighted by molar-refractivity contribution is 6.01. The van der Waals surface area contributed by atoms with Gasteiger partial charge in [-0.3, -0.25) is 19.7 Å². The van der Waals surface area contributed by atoms with Gasteiger partial charge in [0, 0.05) is 41.1 Å². The van der Waals surface area contributed by atoms with Crippen molar-refractivity contribution < 1.29 is 48.0 Å². The first-order chi connectivity index (χ1) is 28.3. The monoisotopic (exact) mass is 812 g/mol. The molecule has 0 bridgehead atoms. The van der Waals surface area contributed by atoms with Gasteiger partial charge >= 0.3 is 12.1 Å². The van der Waals surface area contributed by atoms with Gasteiger partial charge in [0.1, 0.15) is 19.0 Å². The first kappa shape index (κ1) is 42.1. The van der Waals surface area contributed by atoms with E-state index in [1.165, 1.54) is 0 Å². The van der Waals surface area contributed by atoms with Crippen LogP contribution in [-0.2, 0) is 35.2 Å². The largest absolute Gasteiger partial charge is 0.486 e. The molecule has 4 amide bonds. The second-order valence-electron chi connectivity index (χ2n) is 17.1. The Morgan fingerprint density at radius 1 is 1.00 bits per heavy atom. The van der Waals surface area contributed by atoms with Gasteiger partial charge in [0.2, 0.25) is 11.7 Å². The number of carbonyl (C=O) groups excluding carboxylic acids is 5. The van der Waals surface area contributed by atoms with E-state index in [1.54, 1.807) is 60.7 Å². The zero-order chi connectivity index (χ0) is 42.0. The minimum atomic E-state index is -1.29. The molecule has 0 aromatic heterocycles. The number of ether oxygens (including phenoxy) is 4. The molecule has 316 valence electrons. The van der Waals surface area contributed by atoms with Gasteiger partial charge in [-0.15, -0.1) is 0 Å². The summed E-state index contributed by atoms with van der Waals surface area (Å²) in [7, 11) is 0. The molecule has 1 heterocycles. The molecular weight excluding hydrogens is 757 g/mol. The van der Waals surface area contributed by atoms with E-state index in [9.17, 15) is 29.1 Å². The van der Waals surface area contributed by atoms with E-state index in [0.29, 0.717) is 62.2 Å². The number of ketones is 2. The highest BCUT2D eigenvalue weighted by Gasteiger charge is 2.75. The van der Waals surface area contributed by atoms with Gasteiger partial charge in [-0.1, -0.05) is 51.0 Å². The number of hydrogen-bond acceptors (Lipinski definition) is 10. The Hall–Kier alpha value is -5.05. The third kappa shape index (κ3) is 8.40. The van der Waals surface area contributed by atoms with Crippen LogP contribution in [0.2, 0.25) is 0 Å². The Kier molecular flexibility index (Phi) is 12.3. The predicted octanol–water partition coefficient (Wildman–Crippen LogP) is 6.33. The molecule has 0 spiro atoms. The summed E-state index contributed by atoms with van der Waals surface area (Å²) in [6.45, 7) is 6.45. The summed E-state index contributed by atoms with van der Waals surface area (Å²) in [5, 5.41) is 20.0. The standard InChI is InChI=1S/C45H56N4O10/c1-4-7-39-58-37-23-34-33-18-11-28-22-31(50)19-20-43(28,2)40(33)35(51)24-44(34,3)45(37,59-39)36(52)26-56-32-16-14-30(15-17-32)49-42(55)57-25-27-9-12-29(13-10-27)48-38(53)8-5-6-21-47-41(46)54/h9-10,12-17,19-20,22,33-35,37,39-40,51H,4-8,11,18,21,23-26H2,1-3H3,(H,48,53)(H,49,55)(H3,46,47,54)/t33-,34?,35-,37+,39?,40?,43-,44-,45+/m0/s1. The van der Waals surface area contributed by atoms with Crippen LogP contribution in [0, 0.1) is 28.6 Å². The van der Waals surface area contributed by atoms with Crippen molar-refractivity contribution in [3.63, 3.8) is 0 Å². The summed E-state index contributed by atoms with van der Waals surface area (Å²) in [5.41, 5.74) is 5.51. The predicted molar refractivity (Wildman–Crippen MR) is 218 cm³/mol. The molecule has 0 radical (unpaired) electrons. The summed E-state index contributed by atoms with van der Waals surface area (Å²) in [6, 6.07) is 13.0. The molecule has 2 aromatic carbocycles. The second-order valence-corrected chi connectivity index (χ2v) is 17.1. The van der Waals surface area contributed by atoms with E-state index >= 15 is 0 Å². The number of benzene rings is 2. The van der Waals surface area contributed by atoms with Crippen molar-refractivity contribution in [2.24, 2.45) is 34.3 Å². The molecule has 14 heteroatoms. The number of amides is 4. The van der Waals surface area contributed by atoms with Crippen molar-refractivity contribution in [2.75, 3.05) is 23.8 Å². The number of nitrogens with two attached hydrogens (primary N) is 1. The average molecular weight is 813 g/mol. The first-order valence-electron chi connectivity index (χ1n) is 20.8. The van der Waals surface area contributed by atoms with Crippen molar-refractivity contribution in [2.45, 2.75) is 109 Å². The molecule has 5 aliphatic rings. The Bertz CT molecular complexity index is 1980. The fraction of sp³-hybridized carbons (Fsp3) is 0.533. The molecule has 3 saturated carbocycles. The highest BCUT2D eigenvalue weighted by Crippen LogP contribution is 2.69. The molecule has 6 N–H and O–H groups in total. The maximum Gasteiger partial charge on any atom is 0.411 e. The zero-order valence-corrected chi connectivity index (χ0v) is 34.0. The summed E-state index contributed by atoms with van der Waals surface area (Å²) in [4.78, 5) is 62.4. The Morgan fingerprint density at radius 2 is 1.73 bits per heavy atom. The number of aliphatic hydroxyl groups excluding tert-OH is 1. The highest BCUT2D eigenvalue weighted by atomic mass is 16.7. The maximum atomic E-state index is 14.6. The smallest absolute Gasteiger partial charge is 0.411 e. The molecule has 3 unspecified atom stereocenters. The van der Waals surface area contributed by atoms with Crippen LogP contribution in [0.3, 0.4) is 0 Å². The molecular formula is C45H56N4O10. The molecule has 4 aliphatic carbocycles. The minimum absolute atomic E-state index is 0.00865. The SMILES string of the molecule is CCCC1O[C@@H]2CC3[C@@H]4CCC5=CC(=O)C=C[C@]5(C)C4[C@@H](O)C[C@]3(C)[C@]2(C(=O)COc2ccc(NC(=O)OCc3ccc(NC(=O)CCCCNC(N)=O)cc3)cc2)O1. The van der Waals surface area contributed by atoms with E-state index in [4.69, 9.17) is 24.7 Å². The van der Waals surface area contributed by atoms with E-state index < -0.39 is 47.1 Å². The number of unbranched alkanes of at least 4 members (excludes halogenated alkanes) is 1. The normalized spacial score (nSPS) is 31.5. The van der Waals surface area contributed by atoms with Crippen molar-refractivity contribution in [1.29, 1.82) is 0 Å².